The van der Waals surface area contributed by atoms with Gasteiger partial charge in [0.25, 0.3) is 0 Å². The molecule has 0 spiro atoms. The quantitative estimate of drug-likeness (QED) is 0.894. The highest BCUT2D eigenvalue weighted by molar-refractivity contribution is 7.11. The first-order valence-electron chi connectivity index (χ1n) is 5.57. The molecular weight excluding hydrogens is 234 g/mol. The van der Waals surface area contributed by atoms with Gasteiger partial charge >= 0.3 is 0 Å². The average Bonchev–Trinajstić information content (AvgIpc) is 2.74. The van der Waals surface area contributed by atoms with Crippen molar-refractivity contribution in [1.82, 2.24) is 10.3 Å². The molecule has 5 heteroatoms. The zero-order valence-electron chi connectivity index (χ0n) is 10.6. The average molecular weight is 251 g/mol. The molecule has 1 rings (SSSR count). The van der Waals surface area contributed by atoms with E-state index in [2.05, 4.69) is 16.4 Å². The fraction of sp³-hybridized carbons (Fsp3) is 0.583. The monoisotopic (exact) mass is 251 g/mol. The van der Waals surface area contributed by atoms with Gasteiger partial charge in [0.2, 0.25) is 5.91 Å². The van der Waals surface area contributed by atoms with Gasteiger partial charge in [-0.15, -0.1) is 11.3 Å². The van der Waals surface area contributed by atoms with Crippen molar-refractivity contribution in [2.24, 2.45) is 5.41 Å². The Morgan fingerprint density at radius 2 is 2.41 bits per heavy atom. The van der Waals surface area contributed by atoms with Gasteiger partial charge in [0, 0.05) is 11.1 Å². The fourth-order valence-corrected chi connectivity index (χ4v) is 2.06. The molecule has 1 aromatic heterocycles. The summed E-state index contributed by atoms with van der Waals surface area (Å²) in [7, 11) is 0. The van der Waals surface area contributed by atoms with E-state index in [9.17, 15) is 4.79 Å². The third-order valence-electron chi connectivity index (χ3n) is 2.81. The molecule has 4 nitrogen and oxygen atoms in total. The minimum atomic E-state index is -0.958. The van der Waals surface area contributed by atoms with E-state index in [-0.39, 0.29) is 11.9 Å². The predicted octanol–water partition coefficient (Wildman–Crippen LogP) is 2.57. The van der Waals surface area contributed by atoms with Crippen molar-refractivity contribution in [3.8, 4) is 6.07 Å². The summed E-state index contributed by atoms with van der Waals surface area (Å²) < 4.78 is 0. The number of rotatable bonds is 4. The Balaban J connectivity index is 2.73. The van der Waals surface area contributed by atoms with Gasteiger partial charge in [-0.1, -0.05) is 6.92 Å². The van der Waals surface area contributed by atoms with Crippen molar-refractivity contribution < 1.29 is 4.79 Å². The van der Waals surface area contributed by atoms with E-state index >= 15 is 0 Å². The topological polar surface area (TPSA) is 65.8 Å². The number of nitrogens with one attached hydrogen (secondary N) is 1. The zero-order chi connectivity index (χ0) is 13.1. The summed E-state index contributed by atoms with van der Waals surface area (Å²) in [6.07, 6.45) is 2.28. The smallest absolute Gasteiger partial charge is 0.240 e. The maximum absolute atomic E-state index is 12.0. The van der Waals surface area contributed by atoms with Gasteiger partial charge in [-0.2, -0.15) is 5.26 Å². The van der Waals surface area contributed by atoms with Gasteiger partial charge in [0.15, 0.2) is 0 Å². The molecule has 0 fully saturated rings. The summed E-state index contributed by atoms with van der Waals surface area (Å²) in [6, 6.07) is 1.91. The summed E-state index contributed by atoms with van der Waals surface area (Å²) in [5, 5.41) is 12.7. The number of nitrogens with zero attached hydrogens (tertiary/aromatic N) is 2. The van der Waals surface area contributed by atoms with Crippen molar-refractivity contribution in [3.05, 3.63) is 16.1 Å². The standard InChI is InChI=1S/C12H17N3OS/c1-5-12(4,7-13)11(16)15-9(3)10-14-6-8(2)17-10/h6,9H,5H2,1-4H3,(H,15,16). The maximum atomic E-state index is 12.0. The molecule has 0 saturated heterocycles. The van der Waals surface area contributed by atoms with Crippen LogP contribution in [0.25, 0.3) is 0 Å². The highest BCUT2D eigenvalue weighted by Gasteiger charge is 2.32. The highest BCUT2D eigenvalue weighted by Crippen LogP contribution is 2.23. The minimum absolute atomic E-state index is 0.152. The van der Waals surface area contributed by atoms with E-state index in [1.807, 2.05) is 20.8 Å². The van der Waals surface area contributed by atoms with Crippen LogP contribution in [0.4, 0.5) is 0 Å². The Kier molecular flexibility index (Phi) is 4.24. The first kappa shape index (κ1) is 13.7. The zero-order valence-corrected chi connectivity index (χ0v) is 11.4. The number of aromatic nitrogens is 1. The second-order valence-electron chi connectivity index (χ2n) is 4.30. The number of aryl methyl sites for hydroxylation is 1. The predicted molar refractivity (Wildman–Crippen MR) is 67.4 cm³/mol. The number of thiazole rings is 1. The van der Waals surface area contributed by atoms with Gasteiger partial charge in [0.1, 0.15) is 10.4 Å². The van der Waals surface area contributed by atoms with E-state index in [0.29, 0.717) is 6.42 Å². The van der Waals surface area contributed by atoms with Crippen LogP contribution in [-0.4, -0.2) is 10.9 Å². The van der Waals surface area contributed by atoms with Crippen LogP contribution >= 0.6 is 11.3 Å². The molecule has 1 heterocycles. The van der Waals surface area contributed by atoms with Crippen molar-refractivity contribution in [2.45, 2.75) is 40.2 Å². The largest absolute Gasteiger partial charge is 0.346 e. The number of carbonyl (C=O) groups is 1. The molecule has 92 valence electrons. The molecule has 0 aliphatic heterocycles. The number of carbonyl (C=O) groups excluding carboxylic acids is 1. The van der Waals surface area contributed by atoms with Crippen LogP contribution in [-0.2, 0) is 4.79 Å². The Labute approximate surface area is 106 Å². The molecule has 1 aromatic rings. The first-order chi connectivity index (χ1) is 7.92. The van der Waals surface area contributed by atoms with Crippen LogP contribution in [0.3, 0.4) is 0 Å². The molecular formula is C12H17N3OS. The van der Waals surface area contributed by atoms with Crippen molar-refractivity contribution in [3.63, 3.8) is 0 Å². The summed E-state index contributed by atoms with van der Waals surface area (Å²) in [5.74, 6) is -0.233. The van der Waals surface area contributed by atoms with E-state index < -0.39 is 5.41 Å². The van der Waals surface area contributed by atoms with E-state index in [4.69, 9.17) is 5.26 Å². The molecule has 0 saturated carbocycles. The van der Waals surface area contributed by atoms with Crippen LogP contribution in [0.5, 0.6) is 0 Å². The normalized spacial score (nSPS) is 15.7. The van der Waals surface area contributed by atoms with Gasteiger partial charge in [-0.25, -0.2) is 4.98 Å². The third kappa shape index (κ3) is 3.04. The second kappa shape index (κ2) is 5.28. The Hall–Kier alpha value is -1.41. The van der Waals surface area contributed by atoms with Crippen LogP contribution in [0.1, 0.15) is 43.1 Å². The van der Waals surface area contributed by atoms with Crippen LogP contribution in [0.15, 0.2) is 6.20 Å². The lowest BCUT2D eigenvalue weighted by molar-refractivity contribution is -0.128. The van der Waals surface area contributed by atoms with Gasteiger partial charge in [-0.05, 0) is 27.2 Å². The molecule has 0 radical (unpaired) electrons. The number of hydrogen-bond acceptors (Lipinski definition) is 4. The lowest BCUT2D eigenvalue weighted by Gasteiger charge is -2.21. The molecule has 2 unspecified atom stereocenters. The Morgan fingerprint density at radius 3 is 2.82 bits per heavy atom. The second-order valence-corrected chi connectivity index (χ2v) is 5.57. The fourth-order valence-electron chi connectivity index (χ4n) is 1.28. The van der Waals surface area contributed by atoms with Crippen molar-refractivity contribution in [1.29, 1.82) is 5.26 Å². The highest BCUT2D eigenvalue weighted by atomic mass is 32.1. The number of nitriles is 1. The van der Waals surface area contributed by atoms with Gasteiger partial charge in [-0.3, -0.25) is 4.79 Å². The molecule has 0 aromatic carbocycles. The first-order valence-corrected chi connectivity index (χ1v) is 6.39. The van der Waals surface area contributed by atoms with E-state index in [0.717, 1.165) is 9.88 Å². The molecule has 0 bridgehead atoms. The summed E-state index contributed by atoms with van der Waals surface area (Å²) in [4.78, 5) is 17.3. The van der Waals surface area contributed by atoms with Crippen LogP contribution in [0.2, 0.25) is 0 Å². The van der Waals surface area contributed by atoms with E-state index in [1.54, 1.807) is 24.5 Å². The molecule has 2 atom stereocenters. The number of hydrogen-bond donors (Lipinski definition) is 1. The minimum Gasteiger partial charge on any atom is -0.346 e. The summed E-state index contributed by atoms with van der Waals surface area (Å²) >= 11 is 1.55. The van der Waals surface area contributed by atoms with E-state index in [1.165, 1.54) is 0 Å². The molecule has 1 amide bonds. The summed E-state index contributed by atoms with van der Waals surface area (Å²) in [6.45, 7) is 7.34. The molecule has 0 aliphatic carbocycles. The van der Waals surface area contributed by atoms with Crippen LogP contribution in [0, 0.1) is 23.7 Å². The molecule has 17 heavy (non-hydrogen) atoms. The number of amides is 1. The lowest BCUT2D eigenvalue weighted by atomic mass is 9.88. The SMILES string of the molecule is CCC(C)(C#N)C(=O)NC(C)c1ncc(C)s1. The lowest BCUT2D eigenvalue weighted by Crippen LogP contribution is -2.38. The third-order valence-corrected chi connectivity index (χ3v) is 3.91. The molecule has 1 N–H and O–H groups in total. The van der Waals surface area contributed by atoms with Crippen molar-refractivity contribution >= 4 is 17.2 Å². The Bertz CT molecular complexity index is 449. The summed E-state index contributed by atoms with van der Waals surface area (Å²) in [5.41, 5.74) is -0.958. The Morgan fingerprint density at radius 1 is 1.76 bits per heavy atom. The van der Waals surface area contributed by atoms with Crippen LogP contribution < -0.4 is 5.32 Å². The van der Waals surface area contributed by atoms with Gasteiger partial charge < -0.3 is 5.32 Å². The van der Waals surface area contributed by atoms with Crippen molar-refractivity contribution in [2.75, 3.05) is 0 Å². The van der Waals surface area contributed by atoms with Gasteiger partial charge in [0.05, 0.1) is 12.1 Å². The molecule has 0 aliphatic rings. The maximum Gasteiger partial charge on any atom is 0.240 e.